The average Bonchev–Trinajstić information content (AvgIpc) is 2.47. The van der Waals surface area contributed by atoms with Crippen LogP contribution in [0.1, 0.15) is 21.5 Å². The molecule has 3 nitrogen and oxygen atoms in total. The summed E-state index contributed by atoms with van der Waals surface area (Å²) in [6, 6.07) is 13.6. The summed E-state index contributed by atoms with van der Waals surface area (Å²) < 4.78 is 18.2. The van der Waals surface area contributed by atoms with Gasteiger partial charge in [0.25, 0.3) is 5.91 Å². The van der Waals surface area contributed by atoms with Crippen molar-refractivity contribution < 1.29 is 13.9 Å². The van der Waals surface area contributed by atoms with Gasteiger partial charge in [-0.05, 0) is 35.4 Å². The molecule has 0 aliphatic heterocycles. The fourth-order valence-electron chi connectivity index (χ4n) is 2.16. The van der Waals surface area contributed by atoms with Gasteiger partial charge in [0, 0.05) is 26.3 Å². The Morgan fingerprint density at radius 3 is 2.57 bits per heavy atom. The van der Waals surface area contributed by atoms with Gasteiger partial charge in [-0.3, -0.25) is 4.79 Å². The maximum absolute atomic E-state index is 13.2. The number of hydrogen-bond acceptors (Lipinski definition) is 2. The number of amides is 1. The standard InChI is InChI=1S/C17H18FNO2/c1-19(11-13-5-4-8-16(18)10-13)17(20)15-7-3-6-14(9-15)12-21-2/h3-10H,11-12H2,1-2H3. The van der Waals surface area contributed by atoms with E-state index >= 15 is 0 Å². The molecule has 0 aliphatic rings. The summed E-state index contributed by atoms with van der Waals surface area (Å²) in [6.07, 6.45) is 0. The number of nitrogens with zero attached hydrogens (tertiary/aromatic N) is 1. The Morgan fingerprint density at radius 1 is 1.14 bits per heavy atom. The van der Waals surface area contributed by atoms with Crippen LogP contribution in [0.25, 0.3) is 0 Å². The monoisotopic (exact) mass is 287 g/mol. The molecule has 0 atom stereocenters. The molecule has 0 saturated heterocycles. The van der Waals surface area contributed by atoms with E-state index < -0.39 is 0 Å². The molecule has 0 fully saturated rings. The minimum Gasteiger partial charge on any atom is -0.380 e. The zero-order chi connectivity index (χ0) is 15.2. The smallest absolute Gasteiger partial charge is 0.253 e. The molecule has 0 saturated carbocycles. The molecular formula is C17H18FNO2. The van der Waals surface area contributed by atoms with E-state index in [1.807, 2.05) is 18.2 Å². The highest BCUT2D eigenvalue weighted by Crippen LogP contribution is 2.12. The third-order valence-electron chi connectivity index (χ3n) is 3.14. The van der Waals surface area contributed by atoms with Crippen LogP contribution in [-0.2, 0) is 17.9 Å². The lowest BCUT2D eigenvalue weighted by atomic mass is 10.1. The highest BCUT2D eigenvalue weighted by Gasteiger charge is 2.12. The number of halogens is 1. The molecule has 0 spiro atoms. The third-order valence-corrected chi connectivity index (χ3v) is 3.14. The molecule has 110 valence electrons. The molecule has 2 aromatic carbocycles. The summed E-state index contributed by atoms with van der Waals surface area (Å²) in [5.41, 5.74) is 2.31. The van der Waals surface area contributed by atoms with Crippen LogP contribution in [0.3, 0.4) is 0 Å². The molecule has 0 aliphatic carbocycles. The topological polar surface area (TPSA) is 29.5 Å². The number of rotatable bonds is 5. The summed E-state index contributed by atoms with van der Waals surface area (Å²) in [4.78, 5) is 14.0. The molecule has 0 N–H and O–H groups in total. The van der Waals surface area contributed by atoms with Crippen molar-refractivity contribution in [2.45, 2.75) is 13.2 Å². The lowest BCUT2D eigenvalue weighted by Crippen LogP contribution is -2.26. The van der Waals surface area contributed by atoms with Crippen LogP contribution in [0.4, 0.5) is 4.39 Å². The van der Waals surface area contributed by atoms with Crippen molar-refractivity contribution >= 4 is 5.91 Å². The summed E-state index contributed by atoms with van der Waals surface area (Å²) in [6.45, 7) is 0.833. The lowest BCUT2D eigenvalue weighted by molar-refractivity contribution is 0.0784. The number of carbonyl (C=O) groups is 1. The fourth-order valence-corrected chi connectivity index (χ4v) is 2.16. The lowest BCUT2D eigenvalue weighted by Gasteiger charge is -2.18. The van der Waals surface area contributed by atoms with Crippen LogP contribution < -0.4 is 0 Å². The zero-order valence-electron chi connectivity index (χ0n) is 12.2. The number of carbonyl (C=O) groups excluding carboxylic acids is 1. The Balaban J connectivity index is 2.10. The molecule has 0 unspecified atom stereocenters. The van der Waals surface area contributed by atoms with Crippen molar-refractivity contribution in [1.29, 1.82) is 0 Å². The van der Waals surface area contributed by atoms with E-state index in [1.165, 1.54) is 12.1 Å². The molecule has 2 aromatic rings. The highest BCUT2D eigenvalue weighted by atomic mass is 19.1. The number of hydrogen-bond donors (Lipinski definition) is 0. The van der Waals surface area contributed by atoms with Gasteiger partial charge in [-0.2, -0.15) is 0 Å². The Hall–Kier alpha value is -2.20. The predicted octanol–water partition coefficient (Wildman–Crippen LogP) is 3.24. The van der Waals surface area contributed by atoms with E-state index in [0.29, 0.717) is 18.7 Å². The molecule has 2 rings (SSSR count). The van der Waals surface area contributed by atoms with Gasteiger partial charge < -0.3 is 9.64 Å². The van der Waals surface area contributed by atoms with E-state index in [1.54, 1.807) is 37.3 Å². The molecule has 0 heterocycles. The van der Waals surface area contributed by atoms with Crippen molar-refractivity contribution in [2.24, 2.45) is 0 Å². The molecule has 0 aromatic heterocycles. The number of ether oxygens (including phenoxy) is 1. The van der Waals surface area contributed by atoms with E-state index in [0.717, 1.165) is 11.1 Å². The van der Waals surface area contributed by atoms with Gasteiger partial charge in [0.05, 0.1) is 6.61 Å². The normalized spacial score (nSPS) is 10.4. The Bertz CT molecular complexity index is 628. The van der Waals surface area contributed by atoms with Crippen molar-refractivity contribution in [3.05, 3.63) is 71.0 Å². The predicted molar refractivity (Wildman–Crippen MR) is 79.4 cm³/mol. The average molecular weight is 287 g/mol. The Kier molecular flexibility index (Phi) is 5.06. The van der Waals surface area contributed by atoms with Crippen LogP contribution in [-0.4, -0.2) is 25.0 Å². The summed E-state index contributed by atoms with van der Waals surface area (Å²) >= 11 is 0. The molecule has 0 radical (unpaired) electrons. The van der Waals surface area contributed by atoms with Gasteiger partial charge in [0.15, 0.2) is 0 Å². The molecular weight excluding hydrogens is 269 g/mol. The van der Waals surface area contributed by atoms with E-state index in [-0.39, 0.29) is 11.7 Å². The second kappa shape index (κ2) is 6.99. The molecule has 4 heteroatoms. The van der Waals surface area contributed by atoms with Crippen molar-refractivity contribution in [3.63, 3.8) is 0 Å². The van der Waals surface area contributed by atoms with Crippen molar-refractivity contribution in [2.75, 3.05) is 14.2 Å². The SMILES string of the molecule is COCc1cccc(C(=O)N(C)Cc2cccc(F)c2)c1. The fraction of sp³-hybridized carbons (Fsp3) is 0.235. The highest BCUT2D eigenvalue weighted by molar-refractivity contribution is 5.94. The quantitative estimate of drug-likeness (QED) is 0.845. The summed E-state index contributed by atoms with van der Waals surface area (Å²) in [7, 11) is 3.32. The second-order valence-corrected chi connectivity index (χ2v) is 4.92. The van der Waals surface area contributed by atoms with E-state index in [2.05, 4.69) is 0 Å². The first kappa shape index (κ1) is 15.2. The van der Waals surface area contributed by atoms with Crippen LogP contribution in [0.5, 0.6) is 0 Å². The molecule has 21 heavy (non-hydrogen) atoms. The van der Waals surface area contributed by atoms with E-state index in [9.17, 15) is 9.18 Å². The van der Waals surface area contributed by atoms with Gasteiger partial charge in [0.2, 0.25) is 0 Å². The largest absolute Gasteiger partial charge is 0.380 e. The second-order valence-electron chi connectivity index (χ2n) is 4.92. The minimum atomic E-state index is -0.296. The number of methoxy groups -OCH3 is 1. The Labute approximate surface area is 124 Å². The first-order chi connectivity index (χ1) is 10.1. The Morgan fingerprint density at radius 2 is 1.86 bits per heavy atom. The van der Waals surface area contributed by atoms with Gasteiger partial charge in [-0.1, -0.05) is 24.3 Å². The van der Waals surface area contributed by atoms with Gasteiger partial charge in [0.1, 0.15) is 5.82 Å². The molecule has 0 bridgehead atoms. The van der Waals surface area contributed by atoms with Crippen LogP contribution in [0.2, 0.25) is 0 Å². The first-order valence-electron chi connectivity index (χ1n) is 6.68. The van der Waals surface area contributed by atoms with Crippen molar-refractivity contribution in [3.8, 4) is 0 Å². The van der Waals surface area contributed by atoms with Crippen LogP contribution >= 0.6 is 0 Å². The number of benzene rings is 2. The third kappa shape index (κ3) is 4.13. The zero-order valence-corrected chi connectivity index (χ0v) is 12.2. The first-order valence-corrected chi connectivity index (χ1v) is 6.68. The molecule has 1 amide bonds. The van der Waals surface area contributed by atoms with Crippen molar-refractivity contribution in [1.82, 2.24) is 4.90 Å². The van der Waals surface area contributed by atoms with Crippen LogP contribution in [0, 0.1) is 5.82 Å². The minimum absolute atomic E-state index is 0.0998. The van der Waals surface area contributed by atoms with E-state index in [4.69, 9.17) is 4.74 Å². The maximum atomic E-state index is 13.2. The summed E-state index contributed by atoms with van der Waals surface area (Å²) in [5.74, 6) is -0.396. The summed E-state index contributed by atoms with van der Waals surface area (Å²) in [5, 5.41) is 0. The van der Waals surface area contributed by atoms with Gasteiger partial charge >= 0.3 is 0 Å². The van der Waals surface area contributed by atoms with Crippen LogP contribution in [0.15, 0.2) is 48.5 Å². The maximum Gasteiger partial charge on any atom is 0.253 e. The van der Waals surface area contributed by atoms with Gasteiger partial charge in [-0.25, -0.2) is 4.39 Å². The van der Waals surface area contributed by atoms with Gasteiger partial charge in [-0.15, -0.1) is 0 Å².